The number of fused-ring (bicyclic) bond motifs is 8. The van der Waals surface area contributed by atoms with Crippen molar-refractivity contribution in [1.82, 2.24) is 0 Å². The van der Waals surface area contributed by atoms with E-state index in [4.69, 9.17) is 9.47 Å². The molecule has 3 aliphatic rings. The maximum atomic E-state index is 6.23. The van der Waals surface area contributed by atoms with Gasteiger partial charge in [-0.15, -0.1) is 11.3 Å². The second-order valence-corrected chi connectivity index (χ2v) is 25.0. The second kappa shape index (κ2) is 16.7. The molecule has 74 heavy (non-hydrogen) atoms. The predicted octanol–water partition coefficient (Wildman–Crippen LogP) is 17.1. The van der Waals surface area contributed by atoms with Crippen LogP contribution in [-0.4, -0.2) is 13.5 Å². The van der Waals surface area contributed by atoms with Gasteiger partial charge in [-0.1, -0.05) is 165 Å². The van der Waals surface area contributed by atoms with Crippen LogP contribution < -0.4 is 35.7 Å². The van der Waals surface area contributed by atoms with Crippen molar-refractivity contribution >= 4 is 88.7 Å². The van der Waals surface area contributed by atoms with E-state index in [1.807, 2.05) is 11.3 Å². The smallest absolute Gasteiger partial charge is 0.252 e. The van der Waals surface area contributed by atoms with Crippen LogP contribution in [0, 0.1) is 6.92 Å². The van der Waals surface area contributed by atoms with Crippen molar-refractivity contribution in [2.45, 2.75) is 85.5 Å². The summed E-state index contributed by atoms with van der Waals surface area (Å²) in [7, 11) is 0. The number of hydrogen-bond acceptors (Lipinski definition) is 5. The number of ether oxygens (including phenoxy) is 2. The highest BCUT2D eigenvalue weighted by Gasteiger charge is 2.45. The second-order valence-electron chi connectivity index (χ2n) is 23.9. The van der Waals surface area contributed by atoms with E-state index in [0.717, 1.165) is 34.2 Å². The van der Waals surface area contributed by atoms with Crippen LogP contribution in [0.5, 0.6) is 11.5 Å². The molecular weight excluding hydrogens is 920 g/mol. The largest absolute Gasteiger partial charge is 0.454 e. The summed E-state index contributed by atoms with van der Waals surface area (Å²) >= 11 is 1.87. The molecule has 0 aliphatic carbocycles. The van der Waals surface area contributed by atoms with Gasteiger partial charge in [0, 0.05) is 60.4 Å². The van der Waals surface area contributed by atoms with Crippen LogP contribution in [0.3, 0.4) is 0 Å². The van der Waals surface area contributed by atoms with Gasteiger partial charge in [0.15, 0.2) is 11.5 Å². The molecule has 9 aromatic carbocycles. The first kappa shape index (κ1) is 46.3. The number of nitrogens with zero attached hydrogens (tertiary/aromatic N) is 2. The van der Waals surface area contributed by atoms with Gasteiger partial charge in [-0.05, 0) is 162 Å². The van der Waals surface area contributed by atoms with E-state index in [1.165, 1.54) is 104 Å². The SMILES string of the molecule is Cc1cc2c3c(c1)N(c1ccc(C(C)(C)C)cc1)c1cc4c(cc1B3c1ccc(-c3ccc5c(c3)sc3ccccc35)cc1N2c1cc(-c2ccc(C(C)(C)C)cc2)cc(-c2ccc(C(C)(C)C)cc2)c1)OCO4. The fraction of sp³-hybridized carbons (Fsp3) is 0.206. The summed E-state index contributed by atoms with van der Waals surface area (Å²) in [6.45, 7) is 22.9. The Morgan fingerprint density at radius 2 is 0.905 bits per heavy atom. The number of rotatable bonds is 5. The third-order valence-electron chi connectivity index (χ3n) is 15.8. The molecule has 6 heteroatoms. The molecule has 4 nitrogen and oxygen atoms in total. The summed E-state index contributed by atoms with van der Waals surface area (Å²) in [6.07, 6.45) is 0. The minimum Gasteiger partial charge on any atom is -0.454 e. The minimum absolute atomic E-state index is 0.0152. The monoisotopic (exact) mass is 980 g/mol. The lowest BCUT2D eigenvalue weighted by molar-refractivity contribution is 0.174. The average molecular weight is 981 g/mol. The Hall–Kier alpha value is -7.54. The van der Waals surface area contributed by atoms with Crippen LogP contribution in [0.1, 0.15) is 84.6 Å². The van der Waals surface area contributed by atoms with Crippen LogP contribution in [-0.2, 0) is 16.2 Å². The molecule has 0 N–H and O–H groups in total. The molecule has 10 aromatic rings. The maximum absolute atomic E-state index is 6.23. The summed E-state index contributed by atoms with van der Waals surface area (Å²) in [6, 6.07) is 67.2. The molecule has 4 heterocycles. The molecule has 1 aromatic heterocycles. The molecule has 13 rings (SSSR count). The molecule has 0 saturated heterocycles. The van der Waals surface area contributed by atoms with Gasteiger partial charge in [0.2, 0.25) is 6.79 Å². The fourth-order valence-corrected chi connectivity index (χ4v) is 12.8. The number of thiophene rings is 1. The highest BCUT2D eigenvalue weighted by atomic mass is 32.1. The van der Waals surface area contributed by atoms with Crippen molar-refractivity contribution in [3.63, 3.8) is 0 Å². The normalized spacial score (nSPS) is 13.9. The highest BCUT2D eigenvalue weighted by Crippen LogP contribution is 2.49. The van der Waals surface area contributed by atoms with Gasteiger partial charge in [-0.2, -0.15) is 0 Å². The molecule has 0 spiro atoms. The van der Waals surface area contributed by atoms with E-state index in [2.05, 4.69) is 255 Å². The lowest BCUT2D eigenvalue weighted by atomic mass is 9.33. The van der Waals surface area contributed by atoms with Crippen molar-refractivity contribution in [1.29, 1.82) is 0 Å². The average Bonchev–Trinajstić information content (AvgIpc) is 4.01. The van der Waals surface area contributed by atoms with Gasteiger partial charge in [-0.3, -0.25) is 0 Å². The Balaban J connectivity index is 1.08. The number of benzene rings is 9. The van der Waals surface area contributed by atoms with Gasteiger partial charge in [0.1, 0.15) is 0 Å². The van der Waals surface area contributed by atoms with Crippen molar-refractivity contribution in [3.05, 3.63) is 198 Å². The zero-order valence-electron chi connectivity index (χ0n) is 44.1. The Kier molecular flexibility index (Phi) is 10.5. The van der Waals surface area contributed by atoms with Gasteiger partial charge in [-0.25, -0.2) is 0 Å². The van der Waals surface area contributed by atoms with Gasteiger partial charge in [0.25, 0.3) is 6.71 Å². The summed E-state index contributed by atoms with van der Waals surface area (Å²) in [4.78, 5) is 5.05. The molecule has 364 valence electrons. The summed E-state index contributed by atoms with van der Waals surface area (Å²) < 4.78 is 15.0. The summed E-state index contributed by atoms with van der Waals surface area (Å²) in [5, 5.41) is 2.61. The standard InChI is InChI=1S/C68H61BN2O2S/c1-41-31-59-65-60(32-41)71(52-34-46(42-15-21-48(22-16-42)66(2,3)4)33-47(35-52)43-17-23-49(24-18-43)67(5,6)7)57-36-44(45-19-29-54-53-13-11-12-14-63(53)74-64(54)37-45)20-30-55(57)69(65)56-38-61-62(73-40-72-61)39-58(56)70(59)51-27-25-50(26-28-51)68(8,9)10/h11-39H,40H2,1-10H3. The number of hydrogen-bond donors (Lipinski definition) is 0. The number of aryl methyl sites for hydroxylation is 1. The topological polar surface area (TPSA) is 24.9 Å². The van der Waals surface area contributed by atoms with E-state index in [1.54, 1.807) is 0 Å². The number of anilines is 6. The van der Waals surface area contributed by atoms with Crippen LogP contribution >= 0.6 is 11.3 Å². The van der Waals surface area contributed by atoms with E-state index in [9.17, 15) is 0 Å². The molecular formula is C68H61BN2O2S. The molecule has 0 bridgehead atoms. The van der Waals surface area contributed by atoms with Crippen LogP contribution in [0.25, 0.3) is 53.6 Å². The van der Waals surface area contributed by atoms with Crippen molar-refractivity contribution < 1.29 is 9.47 Å². The van der Waals surface area contributed by atoms with Gasteiger partial charge in [0.05, 0.1) is 0 Å². The first-order chi connectivity index (χ1) is 35.4. The van der Waals surface area contributed by atoms with E-state index in [0.29, 0.717) is 0 Å². The maximum Gasteiger partial charge on any atom is 0.252 e. The van der Waals surface area contributed by atoms with Crippen molar-refractivity contribution in [2.75, 3.05) is 16.6 Å². The fourth-order valence-electron chi connectivity index (χ4n) is 11.7. The van der Waals surface area contributed by atoms with Crippen LogP contribution in [0.2, 0.25) is 0 Å². The van der Waals surface area contributed by atoms with Crippen LogP contribution in [0.15, 0.2) is 176 Å². The third-order valence-corrected chi connectivity index (χ3v) is 16.9. The van der Waals surface area contributed by atoms with Crippen LogP contribution in [0.4, 0.5) is 34.1 Å². The lowest BCUT2D eigenvalue weighted by Crippen LogP contribution is -2.61. The lowest BCUT2D eigenvalue weighted by Gasteiger charge is -2.44. The Labute approximate surface area is 440 Å². The quantitative estimate of drug-likeness (QED) is 0.160. The van der Waals surface area contributed by atoms with E-state index in [-0.39, 0.29) is 29.8 Å². The van der Waals surface area contributed by atoms with E-state index < -0.39 is 0 Å². The molecule has 0 saturated carbocycles. The molecule has 0 unspecified atom stereocenters. The zero-order valence-corrected chi connectivity index (χ0v) is 45.0. The zero-order chi connectivity index (χ0) is 51.0. The Bertz CT molecular complexity index is 3810. The minimum atomic E-state index is -0.0990. The molecule has 0 atom stereocenters. The molecule has 0 fully saturated rings. The van der Waals surface area contributed by atoms with E-state index >= 15 is 0 Å². The third kappa shape index (κ3) is 7.71. The summed E-state index contributed by atoms with van der Waals surface area (Å²) in [5.74, 6) is 1.56. The Morgan fingerprint density at radius 3 is 1.51 bits per heavy atom. The molecule has 0 amide bonds. The van der Waals surface area contributed by atoms with Crippen molar-refractivity contribution in [2.24, 2.45) is 0 Å². The summed E-state index contributed by atoms with van der Waals surface area (Å²) in [5.41, 5.74) is 22.8. The predicted molar refractivity (Wildman–Crippen MR) is 317 cm³/mol. The first-order valence-electron chi connectivity index (χ1n) is 26.2. The van der Waals surface area contributed by atoms with Crippen molar-refractivity contribution in [3.8, 4) is 44.9 Å². The van der Waals surface area contributed by atoms with Gasteiger partial charge < -0.3 is 19.3 Å². The highest BCUT2D eigenvalue weighted by molar-refractivity contribution is 7.25. The van der Waals surface area contributed by atoms with Gasteiger partial charge >= 0.3 is 0 Å². The first-order valence-corrected chi connectivity index (χ1v) is 27.0. The Morgan fingerprint density at radius 1 is 0.405 bits per heavy atom. The molecule has 0 radical (unpaired) electrons. The molecule has 3 aliphatic heterocycles.